The fourth-order valence-electron chi connectivity index (χ4n) is 4.08. The lowest BCUT2D eigenvalue weighted by molar-refractivity contribution is -0.133. The predicted octanol–water partition coefficient (Wildman–Crippen LogP) is 3.73. The largest absolute Gasteiger partial charge is 0.341 e. The van der Waals surface area contributed by atoms with Gasteiger partial charge in [0.1, 0.15) is 0 Å². The van der Waals surface area contributed by atoms with Crippen molar-refractivity contribution in [3.05, 3.63) is 0 Å². The number of amides is 1. The Kier molecular flexibility index (Phi) is 7.01. The Morgan fingerprint density at radius 3 is 2.19 bits per heavy atom. The summed E-state index contributed by atoms with van der Waals surface area (Å²) in [6, 6.07) is 0.506. The van der Waals surface area contributed by atoms with E-state index in [9.17, 15) is 4.79 Å². The summed E-state index contributed by atoms with van der Waals surface area (Å²) >= 11 is 0. The van der Waals surface area contributed by atoms with E-state index in [-0.39, 0.29) is 6.04 Å². The molecule has 2 rings (SSSR count). The average Bonchev–Trinajstić information content (AvgIpc) is 2.81. The molecule has 2 fully saturated rings. The highest BCUT2D eigenvalue weighted by molar-refractivity contribution is 5.81. The Morgan fingerprint density at radius 1 is 1.05 bits per heavy atom. The highest BCUT2D eigenvalue weighted by Crippen LogP contribution is 2.28. The Bertz CT molecular complexity index is 304. The van der Waals surface area contributed by atoms with Crippen molar-refractivity contribution in [3.63, 3.8) is 0 Å². The molecule has 0 radical (unpaired) electrons. The predicted molar refractivity (Wildman–Crippen MR) is 88.3 cm³/mol. The summed E-state index contributed by atoms with van der Waals surface area (Å²) in [6.45, 7) is 6.25. The van der Waals surface area contributed by atoms with Gasteiger partial charge in [-0.1, -0.05) is 39.0 Å². The van der Waals surface area contributed by atoms with Crippen molar-refractivity contribution >= 4 is 5.91 Å². The summed E-state index contributed by atoms with van der Waals surface area (Å²) in [4.78, 5) is 14.7. The third-order valence-corrected chi connectivity index (χ3v) is 5.41. The summed E-state index contributed by atoms with van der Waals surface area (Å²) in [5.41, 5.74) is 0. The lowest BCUT2D eigenvalue weighted by atomic mass is 9.82. The molecule has 0 aromatic rings. The number of hydrogen-bond acceptors (Lipinski definition) is 2. The zero-order valence-corrected chi connectivity index (χ0v) is 14.1. The van der Waals surface area contributed by atoms with Gasteiger partial charge in [0.25, 0.3) is 0 Å². The Balaban J connectivity index is 1.85. The molecule has 1 aliphatic carbocycles. The van der Waals surface area contributed by atoms with E-state index < -0.39 is 0 Å². The Labute approximate surface area is 130 Å². The van der Waals surface area contributed by atoms with Crippen LogP contribution in [-0.4, -0.2) is 36.0 Å². The first-order chi connectivity index (χ1) is 10.2. The second-order valence-electron chi connectivity index (χ2n) is 7.04. The molecule has 3 heteroatoms. The van der Waals surface area contributed by atoms with Crippen LogP contribution in [0.5, 0.6) is 0 Å². The minimum absolute atomic E-state index is 0.0185. The molecular formula is C18H34N2O. The normalized spacial score (nSPS) is 24.4. The van der Waals surface area contributed by atoms with Crippen LogP contribution in [0.25, 0.3) is 0 Å². The molecule has 1 N–H and O–H groups in total. The van der Waals surface area contributed by atoms with E-state index in [1.165, 1.54) is 57.8 Å². The number of hydrogen-bond donors (Lipinski definition) is 1. The van der Waals surface area contributed by atoms with Gasteiger partial charge in [-0.25, -0.2) is 0 Å². The van der Waals surface area contributed by atoms with Crippen LogP contribution in [0, 0.1) is 5.92 Å². The van der Waals surface area contributed by atoms with Crippen molar-refractivity contribution < 1.29 is 4.79 Å². The number of carbonyl (C=O) groups excluding carboxylic acids is 1. The van der Waals surface area contributed by atoms with Gasteiger partial charge in [-0.15, -0.1) is 0 Å². The number of nitrogens with zero attached hydrogens (tertiary/aromatic N) is 1. The molecule has 1 heterocycles. The number of carbonyl (C=O) groups is 1. The van der Waals surface area contributed by atoms with E-state index in [2.05, 4.69) is 24.1 Å². The van der Waals surface area contributed by atoms with E-state index in [1.54, 1.807) is 0 Å². The van der Waals surface area contributed by atoms with Crippen molar-refractivity contribution in [3.8, 4) is 0 Å². The van der Waals surface area contributed by atoms with Crippen LogP contribution in [0.3, 0.4) is 0 Å². The molecule has 2 atom stereocenters. The van der Waals surface area contributed by atoms with Crippen molar-refractivity contribution in [1.29, 1.82) is 0 Å². The molecule has 1 aliphatic heterocycles. The molecule has 3 nitrogen and oxygen atoms in total. The first-order valence-electron chi connectivity index (χ1n) is 9.27. The maximum absolute atomic E-state index is 12.6. The van der Waals surface area contributed by atoms with Crippen LogP contribution < -0.4 is 5.32 Å². The van der Waals surface area contributed by atoms with E-state index >= 15 is 0 Å². The number of rotatable bonds is 5. The van der Waals surface area contributed by atoms with Gasteiger partial charge in [0, 0.05) is 19.1 Å². The molecule has 2 aliphatic rings. The summed E-state index contributed by atoms with van der Waals surface area (Å²) in [7, 11) is 0. The maximum Gasteiger partial charge on any atom is 0.239 e. The molecule has 1 saturated carbocycles. The van der Waals surface area contributed by atoms with Crippen LogP contribution >= 0.6 is 0 Å². The lowest BCUT2D eigenvalue weighted by Gasteiger charge is -2.33. The standard InChI is InChI=1S/C18H34N2O/c1-3-17(16-11-7-6-8-12-16)19-15(2)18(21)20-13-9-4-5-10-14-20/h15-17,19H,3-14H2,1-2H3. The maximum atomic E-state index is 12.6. The lowest BCUT2D eigenvalue weighted by Crippen LogP contribution is -2.50. The second-order valence-corrected chi connectivity index (χ2v) is 7.04. The van der Waals surface area contributed by atoms with E-state index in [1.807, 2.05) is 0 Å². The molecule has 1 amide bonds. The second kappa shape index (κ2) is 8.77. The Hall–Kier alpha value is -0.570. The monoisotopic (exact) mass is 294 g/mol. The van der Waals surface area contributed by atoms with Crippen LogP contribution in [-0.2, 0) is 4.79 Å². The van der Waals surface area contributed by atoms with E-state index in [0.717, 1.165) is 25.4 Å². The van der Waals surface area contributed by atoms with Crippen molar-refractivity contribution in [2.75, 3.05) is 13.1 Å². The van der Waals surface area contributed by atoms with Gasteiger partial charge in [-0.2, -0.15) is 0 Å². The molecule has 0 spiro atoms. The highest BCUT2D eigenvalue weighted by Gasteiger charge is 2.27. The fraction of sp³-hybridized carbons (Fsp3) is 0.944. The van der Waals surface area contributed by atoms with E-state index in [4.69, 9.17) is 0 Å². The molecule has 0 aromatic carbocycles. The average molecular weight is 294 g/mol. The van der Waals surface area contributed by atoms with Crippen molar-refractivity contribution in [1.82, 2.24) is 10.2 Å². The molecular weight excluding hydrogens is 260 g/mol. The summed E-state index contributed by atoms with van der Waals surface area (Å²) in [5.74, 6) is 1.11. The minimum Gasteiger partial charge on any atom is -0.341 e. The summed E-state index contributed by atoms with van der Waals surface area (Å²) in [6.07, 6.45) is 12.9. The topological polar surface area (TPSA) is 32.3 Å². The smallest absolute Gasteiger partial charge is 0.239 e. The molecule has 122 valence electrons. The molecule has 21 heavy (non-hydrogen) atoms. The molecule has 2 unspecified atom stereocenters. The van der Waals surface area contributed by atoms with Gasteiger partial charge in [-0.05, 0) is 44.9 Å². The molecule has 1 saturated heterocycles. The number of nitrogens with one attached hydrogen (secondary N) is 1. The van der Waals surface area contributed by atoms with Crippen LogP contribution in [0.2, 0.25) is 0 Å². The van der Waals surface area contributed by atoms with E-state index in [0.29, 0.717) is 11.9 Å². The zero-order valence-electron chi connectivity index (χ0n) is 14.1. The van der Waals surface area contributed by atoms with Gasteiger partial charge >= 0.3 is 0 Å². The first kappa shape index (κ1) is 16.8. The molecule has 0 aromatic heterocycles. The summed E-state index contributed by atoms with van der Waals surface area (Å²) < 4.78 is 0. The van der Waals surface area contributed by atoms with Gasteiger partial charge in [0.15, 0.2) is 0 Å². The van der Waals surface area contributed by atoms with Gasteiger partial charge in [0.2, 0.25) is 5.91 Å². The Morgan fingerprint density at radius 2 is 1.62 bits per heavy atom. The van der Waals surface area contributed by atoms with Crippen LogP contribution in [0.15, 0.2) is 0 Å². The van der Waals surface area contributed by atoms with Crippen molar-refractivity contribution in [2.45, 2.75) is 90.1 Å². The highest BCUT2D eigenvalue weighted by atomic mass is 16.2. The number of likely N-dealkylation sites (tertiary alicyclic amines) is 1. The van der Waals surface area contributed by atoms with Crippen molar-refractivity contribution in [2.24, 2.45) is 5.92 Å². The molecule has 0 bridgehead atoms. The SMILES string of the molecule is CCC(NC(C)C(=O)N1CCCCCC1)C1CCCCC1. The minimum atomic E-state index is -0.0185. The fourth-order valence-corrected chi connectivity index (χ4v) is 4.08. The van der Waals surface area contributed by atoms with Gasteiger partial charge < -0.3 is 10.2 Å². The van der Waals surface area contributed by atoms with Gasteiger partial charge in [0.05, 0.1) is 6.04 Å². The third-order valence-electron chi connectivity index (χ3n) is 5.41. The zero-order chi connectivity index (χ0) is 15.1. The summed E-state index contributed by atoms with van der Waals surface area (Å²) in [5, 5.41) is 3.66. The van der Waals surface area contributed by atoms with Crippen LogP contribution in [0.4, 0.5) is 0 Å². The quantitative estimate of drug-likeness (QED) is 0.838. The van der Waals surface area contributed by atoms with Crippen LogP contribution in [0.1, 0.15) is 78.1 Å². The van der Waals surface area contributed by atoms with Gasteiger partial charge in [-0.3, -0.25) is 4.79 Å². The first-order valence-corrected chi connectivity index (χ1v) is 9.27. The third kappa shape index (κ3) is 4.98.